The highest BCUT2D eigenvalue weighted by atomic mass is 15.4. The van der Waals surface area contributed by atoms with E-state index in [-0.39, 0.29) is 0 Å². The molecule has 0 fully saturated rings. The topological polar surface area (TPSA) is 94.6 Å². The second-order valence-corrected chi connectivity index (χ2v) is 6.02. The first kappa shape index (κ1) is 14.6. The molecule has 126 valence electrons. The molecule has 1 aliphatic rings. The van der Waals surface area contributed by atoms with Gasteiger partial charge in [0.1, 0.15) is 11.6 Å². The fourth-order valence-electron chi connectivity index (χ4n) is 2.99. The second kappa shape index (κ2) is 5.98. The maximum absolute atomic E-state index is 4.63. The third-order valence-electron chi connectivity index (χ3n) is 4.26. The van der Waals surface area contributed by atoms with Crippen LogP contribution in [0.3, 0.4) is 0 Å². The number of aromatic nitrogens is 3. The zero-order chi connectivity index (χ0) is 17.3. The number of nitrogens with one attached hydrogen (secondary N) is 3. The molecular formula is C19H16N7+. The quantitative estimate of drug-likeness (QED) is 0.340. The summed E-state index contributed by atoms with van der Waals surface area (Å²) in [6.07, 6.45) is 1.80. The normalized spacial score (nSPS) is 12.7. The second-order valence-electron chi connectivity index (χ2n) is 6.02. The average Bonchev–Trinajstić information content (AvgIpc) is 3.29. The molecule has 0 amide bonds. The average molecular weight is 342 g/mol. The van der Waals surface area contributed by atoms with Crippen LogP contribution in [0.15, 0.2) is 72.0 Å². The lowest BCUT2D eigenvalue weighted by molar-refractivity contribution is -0.573. The molecule has 0 saturated carbocycles. The molecule has 0 atom stereocenters. The van der Waals surface area contributed by atoms with Crippen LogP contribution in [0.1, 0.15) is 5.56 Å². The van der Waals surface area contributed by atoms with Crippen molar-refractivity contribution in [1.29, 1.82) is 0 Å². The largest absolute Gasteiger partial charge is 0.340 e. The van der Waals surface area contributed by atoms with Gasteiger partial charge >= 0.3 is 0 Å². The van der Waals surface area contributed by atoms with Gasteiger partial charge in [-0.3, -0.25) is 5.10 Å². The minimum atomic E-state index is 0.737. The molecule has 26 heavy (non-hydrogen) atoms. The fourth-order valence-corrected chi connectivity index (χ4v) is 2.99. The highest BCUT2D eigenvalue weighted by Crippen LogP contribution is 2.21. The Morgan fingerprint density at radius 3 is 2.73 bits per heavy atom. The summed E-state index contributed by atoms with van der Waals surface area (Å²) in [5.41, 5.74) is 5.98. The van der Waals surface area contributed by atoms with Crippen LogP contribution in [0, 0.1) is 0 Å². The molecule has 0 radical (unpaired) electrons. The van der Waals surface area contributed by atoms with Gasteiger partial charge in [0, 0.05) is 17.1 Å². The number of H-pyrrole nitrogens is 1. The van der Waals surface area contributed by atoms with Gasteiger partial charge in [0.25, 0.3) is 0 Å². The molecule has 5 rings (SSSR count). The summed E-state index contributed by atoms with van der Waals surface area (Å²) in [5, 5.41) is 19.2. The van der Waals surface area contributed by atoms with Gasteiger partial charge in [0.05, 0.1) is 17.3 Å². The predicted octanol–water partition coefficient (Wildman–Crippen LogP) is 2.68. The minimum Gasteiger partial charge on any atom is -0.340 e. The number of hydrogen-bond donors (Lipinski definition) is 4. The first-order valence-corrected chi connectivity index (χ1v) is 8.30. The van der Waals surface area contributed by atoms with Crippen molar-refractivity contribution in [3.05, 3.63) is 72.4 Å². The van der Waals surface area contributed by atoms with Crippen LogP contribution in [0.2, 0.25) is 0 Å². The van der Waals surface area contributed by atoms with Gasteiger partial charge in [-0.05, 0) is 36.4 Å². The molecule has 3 heterocycles. The Balaban J connectivity index is 1.37. The number of nitrogens with two attached hydrogens (primary N) is 1. The Hall–Kier alpha value is -3.71. The number of nitrogens with zero attached hydrogens (tertiary/aromatic N) is 3. The van der Waals surface area contributed by atoms with Crippen molar-refractivity contribution in [2.24, 2.45) is 5.10 Å². The van der Waals surface area contributed by atoms with Gasteiger partial charge in [-0.1, -0.05) is 23.3 Å². The van der Waals surface area contributed by atoms with Crippen molar-refractivity contribution in [1.82, 2.24) is 15.2 Å². The molecule has 1 aliphatic heterocycles. The highest BCUT2D eigenvalue weighted by Gasteiger charge is 2.20. The molecule has 0 bridgehead atoms. The van der Waals surface area contributed by atoms with Crippen molar-refractivity contribution in [2.75, 3.05) is 10.6 Å². The number of amidine groups is 1. The molecule has 7 nitrogen and oxygen atoms in total. The van der Waals surface area contributed by atoms with Gasteiger partial charge in [0.15, 0.2) is 5.69 Å². The molecule has 0 aliphatic carbocycles. The Morgan fingerprint density at radius 2 is 1.77 bits per heavy atom. The van der Waals surface area contributed by atoms with Crippen molar-refractivity contribution < 1.29 is 5.43 Å². The van der Waals surface area contributed by atoms with Crippen LogP contribution in [0.4, 0.5) is 23.0 Å². The number of fused-ring (bicyclic) bond motifs is 2. The smallest absolute Gasteiger partial charge is 0.201 e. The first-order chi connectivity index (χ1) is 12.8. The molecule has 2 aromatic heterocycles. The lowest BCUT2D eigenvalue weighted by Crippen LogP contribution is -2.69. The number of rotatable bonds is 3. The van der Waals surface area contributed by atoms with E-state index >= 15 is 0 Å². The SMILES string of the molecule is c1cc(NC2=N[NH2+]c3ccccc32)nc(Nc2ccc3cn[nH]c3c2)c1. The van der Waals surface area contributed by atoms with Crippen molar-refractivity contribution >= 4 is 39.7 Å². The Labute approximate surface area is 149 Å². The van der Waals surface area contributed by atoms with E-state index in [1.165, 1.54) is 0 Å². The van der Waals surface area contributed by atoms with Crippen LogP contribution in [0.5, 0.6) is 0 Å². The van der Waals surface area contributed by atoms with Gasteiger partial charge in [-0.2, -0.15) is 10.5 Å². The summed E-state index contributed by atoms with van der Waals surface area (Å²) in [4.78, 5) is 4.63. The Bertz CT molecular complexity index is 1130. The van der Waals surface area contributed by atoms with E-state index in [0.717, 1.165) is 45.3 Å². The minimum absolute atomic E-state index is 0.737. The molecule has 7 heteroatoms. The highest BCUT2D eigenvalue weighted by molar-refractivity contribution is 6.11. The van der Waals surface area contributed by atoms with Crippen LogP contribution in [-0.4, -0.2) is 21.0 Å². The lowest BCUT2D eigenvalue weighted by Gasteiger charge is -2.09. The number of aromatic amines is 1. The van der Waals surface area contributed by atoms with Crippen LogP contribution in [-0.2, 0) is 0 Å². The summed E-state index contributed by atoms with van der Waals surface area (Å²) >= 11 is 0. The third-order valence-corrected chi connectivity index (χ3v) is 4.26. The summed E-state index contributed by atoms with van der Waals surface area (Å²) in [5.74, 6) is 2.30. The molecule has 0 saturated heterocycles. The van der Waals surface area contributed by atoms with E-state index in [1.807, 2.05) is 66.1 Å². The van der Waals surface area contributed by atoms with E-state index in [4.69, 9.17) is 0 Å². The summed E-state index contributed by atoms with van der Waals surface area (Å²) in [7, 11) is 0. The molecule has 0 spiro atoms. The van der Waals surface area contributed by atoms with Gasteiger partial charge in [-0.15, -0.1) is 0 Å². The van der Waals surface area contributed by atoms with Gasteiger partial charge < -0.3 is 10.6 Å². The van der Waals surface area contributed by atoms with Crippen LogP contribution in [0.25, 0.3) is 10.9 Å². The van der Waals surface area contributed by atoms with Crippen LogP contribution >= 0.6 is 0 Å². The molecule has 4 aromatic rings. The van der Waals surface area contributed by atoms with Crippen molar-refractivity contribution in [3.63, 3.8) is 0 Å². The van der Waals surface area contributed by atoms with E-state index < -0.39 is 0 Å². The number of pyridine rings is 1. The number of quaternary nitrogens is 1. The Morgan fingerprint density at radius 1 is 0.885 bits per heavy atom. The zero-order valence-corrected chi connectivity index (χ0v) is 13.8. The van der Waals surface area contributed by atoms with Gasteiger partial charge in [-0.25, -0.2) is 4.98 Å². The molecule has 2 aromatic carbocycles. The monoisotopic (exact) mass is 342 g/mol. The Kier molecular flexibility index (Phi) is 3.36. The van der Waals surface area contributed by atoms with Gasteiger partial charge in [0.2, 0.25) is 5.84 Å². The molecule has 0 unspecified atom stereocenters. The first-order valence-electron chi connectivity index (χ1n) is 8.30. The number of benzene rings is 2. The summed E-state index contributed by atoms with van der Waals surface area (Å²) in [6, 6.07) is 19.9. The maximum Gasteiger partial charge on any atom is 0.201 e. The fraction of sp³-hybridized carbons (Fsp3) is 0. The van der Waals surface area contributed by atoms with E-state index in [2.05, 4.69) is 30.9 Å². The van der Waals surface area contributed by atoms with Crippen molar-refractivity contribution in [2.45, 2.75) is 0 Å². The van der Waals surface area contributed by atoms with E-state index in [9.17, 15) is 0 Å². The number of hydrogen-bond acceptors (Lipinski definition) is 5. The van der Waals surface area contributed by atoms with E-state index in [1.54, 1.807) is 6.20 Å². The summed E-state index contributed by atoms with van der Waals surface area (Å²) < 4.78 is 0. The molecule has 5 N–H and O–H groups in total. The van der Waals surface area contributed by atoms with Crippen molar-refractivity contribution in [3.8, 4) is 0 Å². The number of anilines is 3. The zero-order valence-electron chi connectivity index (χ0n) is 13.8. The lowest BCUT2D eigenvalue weighted by atomic mass is 10.2. The van der Waals surface area contributed by atoms with Crippen LogP contribution < -0.4 is 16.1 Å². The third kappa shape index (κ3) is 2.66. The molecular weight excluding hydrogens is 326 g/mol. The maximum atomic E-state index is 4.63. The van der Waals surface area contributed by atoms with E-state index in [0.29, 0.717) is 0 Å². The summed E-state index contributed by atoms with van der Waals surface area (Å²) in [6.45, 7) is 0. The predicted molar refractivity (Wildman–Crippen MR) is 102 cm³/mol. The standard InChI is InChI=1S/C19H15N7/c1-2-5-15-14(4-1)19(26-25-15)23-18-7-3-6-17(22-18)21-13-9-8-12-11-20-24-16(12)10-13/h1-11H,(H,20,24)(H3,21,22,23,25,26)/p+1.